The van der Waals surface area contributed by atoms with E-state index in [0.29, 0.717) is 0 Å². The number of carbonyl (C=O) groups is 1. The van der Waals surface area contributed by atoms with E-state index >= 15 is 0 Å². The topological polar surface area (TPSA) is 49.8 Å². The van der Waals surface area contributed by atoms with Crippen molar-refractivity contribution in [1.82, 2.24) is 4.90 Å². The fraction of sp³-hybridized carbons (Fsp3) is 0.588. The van der Waals surface area contributed by atoms with Gasteiger partial charge in [0.25, 0.3) is 0 Å². The number of hydrogen-bond donors (Lipinski definition) is 1. The molecule has 1 N–H and O–H groups in total. The first-order valence-electron chi connectivity index (χ1n) is 7.76. The molecule has 0 saturated carbocycles. The van der Waals surface area contributed by atoms with Crippen molar-refractivity contribution in [3.05, 3.63) is 29.8 Å². The lowest BCUT2D eigenvalue weighted by atomic mass is 10.0. The van der Waals surface area contributed by atoms with Crippen LogP contribution in [0.25, 0.3) is 0 Å². The van der Waals surface area contributed by atoms with Gasteiger partial charge in [-0.05, 0) is 63.9 Å². The normalized spacial score (nSPS) is 17.1. The molecule has 116 valence electrons. The molecule has 4 nitrogen and oxygen atoms in total. The second-order valence-electron chi connectivity index (χ2n) is 6.01. The molecule has 0 spiro atoms. The fourth-order valence-corrected chi connectivity index (χ4v) is 2.89. The molecular weight excluding hydrogens is 266 g/mol. The van der Waals surface area contributed by atoms with Crippen LogP contribution in [0.15, 0.2) is 24.3 Å². The van der Waals surface area contributed by atoms with Crippen molar-refractivity contribution in [2.75, 3.05) is 13.1 Å². The van der Waals surface area contributed by atoms with E-state index in [0.717, 1.165) is 25.3 Å². The molecule has 21 heavy (non-hydrogen) atoms. The average molecular weight is 291 g/mol. The first kappa shape index (κ1) is 15.8. The molecule has 0 bridgehead atoms. The number of aliphatic carboxylic acids is 1. The van der Waals surface area contributed by atoms with Crippen molar-refractivity contribution >= 4 is 5.97 Å². The SMILES string of the molecule is CC(C)Oc1ccc(CC(CC(=O)O)N2CCCC2)cc1. The van der Waals surface area contributed by atoms with Crippen LogP contribution in [0.2, 0.25) is 0 Å². The van der Waals surface area contributed by atoms with Gasteiger partial charge in [-0.25, -0.2) is 0 Å². The molecule has 1 aliphatic rings. The minimum absolute atomic E-state index is 0.0990. The van der Waals surface area contributed by atoms with Gasteiger partial charge in [-0.2, -0.15) is 0 Å². The quantitative estimate of drug-likeness (QED) is 0.839. The van der Waals surface area contributed by atoms with Gasteiger partial charge in [0, 0.05) is 6.04 Å². The van der Waals surface area contributed by atoms with Crippen LogP contribution in [0.3, 0.4) is 0 Å². The van der Waals surface area contributed by atoms with Crippen LogP contribution in [-0.4, -0.2) is 41.2 Å². The maximum absolute atomic E-state index is 11.1. The van der Waals surface area contributed by atoms with Crippen LogP contribution in [0.1, 0.15) is 38.7 Å². The maximum atomic E-state index is 11.1. The minimum atomic E-state index is -0.716. The first-order chi connectivity index (χ1) is 10.0. The third-order valence-corrected chi connectivity index (χ3v) is 3.83. The summed E-state index contributed by atoms with van der Waals surface area (Å²) in [6.07, 6.45) is 3.52. The summed E-state index contributed by atoms with van der Waals surface area (Å²) in [4.78, 5) is 13.4. The number of ether oxygens (including phenoxy) is 1. The lowest BCUT2D eigenvalue weighted by Crippen LogP contribution is -2.36. The predicted molar refractivity (Wildman–Crippen MR) is 82.8 cm³/mol. The monoisotopic (exact) mass is 291 g/mol. The Kier molecular flexibility index (Phi) is 5.62. The van der Waals surface area contributed by atoms with E-state index in [1.54, 1.807) is 0 Å². The van der Waals surface area contributed by atoms with Crippen LogP contribution in [0, 0.1) is 0 Å². The standard InChI is InChI=1S/C17H25NO3/c1-13(2)21-16-7-5-14(6-8-16)11-15(12-17(19)20)18-9-3-4-10-18/h5-8,13,15H,3-4,9-12H2,1-2H3,(H,19,20). The maximum Gasteiger partial charge on any atom is 0.304 e. The lowest BCUT2D eigenvalue weighted by molar-refractivity contribution is -0.138. The highest BCUT2D eigenvalue weighted by molar-refractivity contribution is 5.67. The molecule has 1 heterocycles. The Bertz CT molecular complexity index is 450. The number of benzene rings is 1. The van der Waals surface area contributed by atoms with Gasteiger partial charge in [0.05, 0.1) is 12.5 Å². The Labute approximate surface area is 126 Å². The van der Waals surface area contributed by atoms with E-state index in [-0.39, 0.29) is 18.6 Å². The molecule has 0 aromatic heterocycles. The number of carboxylic acid groups (broad SMARTS) is 1. The Morgan fingerprint density at radius 1 is 1.24 bits per heavy atom. The molecule has 0 radical (unpaired) electrons. The van der Waals surface area contributed by atoms with Crippen LogP contribution < -0.4 is 4.74 Å². The second kappa shape index (κ2) is 7.46. The van der Waals surface area contributed by atoms with E-state index in [9.17, 15) is 4.79 Å². The highest BCUT2D eigenvalue weighted by Gasteiger charge is 2.24. The van der Waals surface area contributed by atoms with Crippen LogP contribution in [0.4, 0.5) is 0 Å². The van der Waals surface area contributed by atoms with E-state index in [4.69, 9.17) is 9.84 Å². The zero-order valence-corrected chi connectivity index (χ0v) is 12.9. The van der Waals surface area contributed by atoms with Gasteiger partial charge in [0.2, 0.25) is 0 Å². The Balaban J connectivity index is 2.00. The summed E-state index contributed by atoms with van der Waals surface area (Å²) in [5.41, 5.74) is 1.17. The molecule has 1 aromatic rings. The van der Waals surface area contributed by atoms with Gasteiger partial charge in [0.1, 0.15) is 5.75 Å². The van der Waals surface area contributed by atoms with Gasteiger partial charge in [-0.1, -0.05) is 12.1 Å². The summed E-state index contributed by atoms with van der Waals surface area (Å²) in [5, 5.41) is 9.12. The Hall–Kier alpha value is -1.55. The van der Waals surface area contributed by atoms with E-state index in [1.165, 1.54) is 18.4 Å². The van der Waals surface area contributed by atoms with E-state index in [2.05, 4.69) is 4.90 Å². The fourth-order valence-electron chi connectivity index (χ4n) is 2.89. The zero-order valence-electron chi connectivity index (χ0n) is 12.9. The molecule has 1 aliphatic heterocycles. The molecule has 1 fully saturated rings. The molecule has 1 saturated heterocycles. The summed E-state index contributed by atoms with van der Waals surface area (Å²) >= 11 is 0. The number of rotatable bonds is 7. The Morgan fingerprint density at radius 2 is 1.86 bits per heavy atom. The largest absolute Gasteiger partial charge is 0.491 e. The summed E-state index contributed by atoms with van der Waals surface area (Å²) in [6, 6.07) is 8.13. The van der Waals surface area contributed by atoms with Crippen molar-refractivity contribution in [2.24, 2.45) is 0 Å². The van der Waals surface area contributed by atoms with Crippen LogP contribution in [-0.2, 0) is 11.2 Å². The molecule has 1 atom stereocenters. The summed E-state index contributed by atoms with van der Waals surface area (Å²) in [7, 11) is 0. The Morgan fingerprint density at radius 3 is 2.38 bits per heavy atom. The van der Waals surface area contributed by atoms with Gasteiger partial charge in [-0.3, -0.25) is 9.69 Å². The van der Waals surface area contributed by atoms with E-state index < -0.39 is 5.97 Å². The van der Waals surface area contributed by atoms with Crippen molar-refractivity contribution in [1.29, 1.82) is 0 Å². The molecule has 1 aromatic carbocycles. The first-order valence-corrected chi connectivity index (χ1v) is 7.76. The molecule has 4 heteroatoms. The molecule has 0 amide bonds. The summed E-state index contributed by atoms with van der Waals surface area (Å²) < 4.78 is 5.63. The van der Waals surface area contributed by atoms with Crippen molar-refractivity contribution < 1.29 is 14.6 Å². The van der Waals surface area contributed by atoms with Gasteiger partial charge in [-0.15, -0.1) is 0 Å². The molecule has 2 rings (SSSR count). The third kappa shape index (κ3) is 5.05. The average Bonchev–Trinajstić information content (AvgIpc) is 2.93. The summed E-state index contributed by atoms with van der Waals surface area (Å²) in [6.45, 7) is 6.05. The predicted octanol–water partition coefficient (Wildman–Crippen LogP) is 2.96. The number of carboxylic acids is 1. The highest BCUT2D eigenvalue weighted by atomic mass is 16.5. The lowest BCUT2D eigenvalue weighted by Gasteiger charge is -2.26. The highest BCUT2D eigenvalue weighted by Crippen LogP contribution is 2.20. The number of nitrogens with zero attached hydrogens (tertiary/aromatic N) is 1. The van der Waals surface area contributed by atoms with Gasteiger partial charge in [0.15, 0.2) is 0 Å². The minimum Gasteiger partial charge on any atom is -0.491 e. The van der Waals surface area contributed by atoms with Gasteiger partial charge >= 0.3 is 5.97 Å². The second-order valence-corrected chi connectivity index (χ2v) is 6.01. The van der Waals surface area contributed by atoms with Crippen molar-refractivity contribution in [2.45, 2.75) is 51.7 Å². The molecule has 0 aliphatic carbocycles. The van der Waals surface area contributed by atoms with Crippen molar-refractivity contribution in [3.63, 3.8) is 0 Å². The third-order valence-electron chi connectivity index (χ3n) is 3.83. The molecule has 1 unspecified atom stereocenters. The molecular formula is C17H25NO3. The zero-order chi connectivity index (χ0) is 15.2. The number of likely N-dealkylation sites (tertiary alicyclic amines) is 1. The number of hydrogen-bond acceptors (Lipinski definition) is 3. The van der Waals surface area contributed by atoms with Crippen molar-refractivity contribution in [3.8, 4) is 5.75 Å². The van der Waals surface area contributed by atoms with Gasteiger partial charge < -0.3 is 9.84 Å². The van der Waals surface area contributed by atoms with E-state index in [1.807, 2.05) is 38.1 Å². The summed E-state index contributed by atoms with van der Waals surface area (Å²) in [5.74, 6) is 0.149. The van der Waals surface area contributed by atoms with Crippen LogP contribution >= 0.6 is 0 Å². The smallest absolute Gasteiger partial charge is 0.304 e. The van der Waals surface area contributed by atoms with Crippen LogP contribution in [0.5, 0.6) is 5.75 Å².